The van der Waals surface area contributed by atoms with E-state index >= 15 is 0 Å². The number of carbonyl (C=O) groups is 1. The van der Waals surface area contributed by atoms with Crippen LogP contribution in [0.15, 0.2) is 23.1 Å². The number of carbonyl (C=O) groups excluding carboxylic acids is 1. The van der Waals surface area contributed by atoms with Crippen LogP contribution in [0.3, 0.4) is 0 Å². The van der Waals surface area contributed by atoms with Gasteiger partial charge in [-0.15, -0.1) is 11.8 Å². The minimum Gasteiger partial charge on any atom is -0.398 e. The third-order valence-electron chi connectivity index (χ3n) is 3.81. The summed E-state index contributed by atoms with van der Waals surface area (Å²) in [4.78, 5) is 15.3. The largest absolute Gasteiger partial charge is 0.398 e. The molecule has 1 aliphatic rings. The molecule has 3 nitrogen and oxygen atoms in total. The number of likely N-dealkylation sites (tertiary alicyclic amines) is 1. The second-order valence-electron chi connectivity index (χ2n) is 5.40. The van der Waals surface area contributed by atoms with Gasteiger partial charge in [0.1, 0.15) is 0 Å². The van der Waals surface area contributed by atoms with Gasteiger partial charge in [0.25, 0.3) is 0 Å². The Kier molecular flexibility index (Phi) is 5.22. The van der Waals surface area contributed by atoms with E-state index in [9.17, 15) is 4.79 Å². The summed E-state index contributed by atoms with van der Waals surface area (Å²) in [6.45, 7) is 4.26. The van der Waals surface area contributed by atoms with Gasteiger partial charge in [0.15, 0.2) is 0 Å². The Hall–Kier alpha value is -0.870. The SMILES string of the molecule is CC1CCCC(C)N1C(=O)CSc1cc(Cl)ccc1N. The average molecular weight is 313 g/mol. The van der Waals surface area contributed by atoms with Gasteiger partial charge < -0.3 is 10.6 Å². The van der Waals surface area contributed by atoms with Crippen LogP contribution in [0.5, 0.6) is 0 Å². The van der Waals surface area contributed by atoms with Crippen LogP contribution in [0, 0.1) is 0 Å². The molecule has 1 amide bonds. The molecule has 1 fully saturated rings. The number of nitrogens with two attached hydrogens (primary N) is 1. The zero-order valence-electron chi connectivity index (χ0n) is 11.9. The molecule has 2 rings (SSSR count). The second-order valence-corrected chi connectivity index (χ2v) is 6.85. The molecule has 110 valence electrons. The summed E-state index contributed by atoms with van der Waals surface area (Å²) >= 11 is 7.43. The number of hydrogen-bond acceptors (Lipinski definition) is 3. The molecular weight excluding hydrogens is 292 g/mol. The molecule has 1 aromatic rings. The van der Waals surface area contributed by atoms with Gasteiger partial charge in [-0.05, 0) is 51.3 Å². The van der Waals surface area contributed by atoms with E-state index in [2.05, 4.69) is 13.8 Å². The smallest absolute Gasteiger partial charge is 0.233 e. The van der Waals surface area contributed by atoms with E-state index in [4.69, 9.17) is 17.3 Å². The van der Waals surface area contributed by atoms with Crippen LogP contribution in [-0.4, -0.2) is 28.6 Å². The Labute approximate surface area is 129 Å². The van der Waals surface area contributed by atoms with Crippen molar-refractivity contribution in [3.05, 3.63) is 23.2 Å². The lowest BCUT2D eigenvalue weighted by atomic mass is 9.98. The van der Waals surface area contributed by atoms with Gasteiger partial charge in [-0.2, -0.15) is 0 Å². The summed E-state index contributed by atoms with van der Waals surface area (Å²) in [5, 5.41) is 0.647. The van der Waals surface area contributed by atoms with Crippen LogP contribution in [0.2, 0.25) is 5.02 Å². The lowest BCUT2D eigenvalue weighted by Gasteiger charge is -2.39. The highest BCUT2D eigenvalue weighted by atomic mass is 35.5. The number of amides is 1. The number of rotatable bonds is 3. The lowest BCUT2D eigenvalue weighted by molar-refractivity contribution is -0.134. The molecule has 2 N–H and O–H groups in total. The monoisotopic (exact) mass is 312 g/mol. The van der Waals surface area contributed by atoms with E-state index in [-0.39, 0.29) is 5.91 Å². The van der Waals surface area contributed by atoms with Crippen molar-refractivity contribution in [1.82, 2.24) is 4.90 Å². The standard InChI is InChI=1S/C15H21ClN2OS/c1-10-4-3-5-11(2)18(10)15(19)9-20-14-8-12(16)6-7-13(14)17/h6-8,10-11H,3-5,9,17H2,1-2H3. The molecule has 0 aliphatic carbocycles. The van der Waals surface area contributed by atoms with Crippen LogP contribution in [0.4, 0.5) is 5.69 Å². The number of hydrogen-bond donors (Lipinski definition) is 1. The molecule has 0 aromatic heterocycles. The van der Waals surface area contributed by atoms with Crippen molar-refractivity contribution in [2.45, 2.75) is 50.1 Å². The maximum absolute atomic E-state index is 12.4. The third kappa shape index (κ3) is 3.61. The number of halogens is 1. The van der Waals surface area contributed by atoms with Crippen molar-refractivity contribution < 1.29 is 4.79 Å². The maximum atomic E-state index is 12.4. The Morgan fingerprint density at radius 1 is 1.40 bits per heavy atom. The molecule has 0 spiro atoms. The quantitative estimate of drug-likeness (QED) is 0.682. The van der Waals surface area contributed by atoms with Gasteiger partial charge in [-0.1, -0.05) is 11.6 Å². The molecule has 20 heavy (non-hydrogen) atoms. The number of thioether (sulfide) groups is 1. The normalized spacial score (nSPS) is 22.9. The summed E-state index contributed by atoms with van der Waals surface area (Å²) in [7, 11) is 0. The van der Waals surface area contributed by atoms with Gasteiger partial charge >= 0.3 is 0 Å². The predicted octanol–water partition coefficient (Wildman–Crippen LogP) is 3.80. The molecule has 0 bridgehead atoms. The van der Waals surface area contributed by atoms with E-state index in [1.54, 1.807) is 12.1 Å². The van der Waals surface area contributed by atoms with Crippen LogP contribution >= 0.6 is 23.4 Å². The minimum atomic E-state index is 0.189. The molecule has 2 atom stereocenters. The van der Waals surface area contributed by atoms with Gasteiger partial charge in [-0.3, -0.25) is 4.79 Å². The Balaban J connectivity index is 1.99. The molecule has 0 radical (unpaired) electrons. The van der Waals surface area contributed by atoms with Crippen molar-refractivity contribution >= 4 is 35.0 Å². The number of nitrogens with zero attached hydrogens (tertiary/aromatic N) is 1. The zero-order valence-corrected chi connectivity index (χ0v) is 13.5. The first-order valence-corrected chi connectivity index (χ1v) is 8.34. The highest BCUT2D eigenvalue weighted by molar-refractivity contribution is 8.00. The summed E-state index contributed by atoms with van der Waals surface area (Å²) in [5.74, 6) is 0.605. The van der Waals surface area contributed by atoms with Gasteiger partial charge in [-0.25, -0.2) is 0 Å². The minimum absolute atomic E-state index is 0.189. The van der Waals surface area contributed by atoms with Crippen LogP contribution < -0.4 is 5.73 Å². The fourth-order valence-electron chi connectivity index (χ4n) is 2.76. The molecule has 1 saturated heterocycles. The van der Waals surface area contributed by atoms with Gasteiger partial charge in [0.05, 0.1) is 5.75 Å². The average Bonchev–Trinajstić information content (AvgIpc) is 2.39. The lowest BCUT2D eigenvalue weighted by Crippen LogP contribution is -2.48. The number of nitrogen functional groups attached to an aromatic ring is 1. The van der Waals surface area contributed by atoms with E-state index in [1.165, 1.54) is 18.2 Å². The molecule has 5 heteroatoms. The summed E-state index contributed by atoms with van der Waals surface area (Å²) < 4.78 is 0. The van der Waals surface area contributed by atoms with E-state index in [0.29, 0.717) is 28.5 Å². The van der Waals surface area contributed by atoms with Crippen molar-refractivity contribution in [2.24, 2.45) is 0 Å². The fraction of sp³-hybridized carbons (Fsp3) is 0.533. The Morgan fingerprint density at radius 3 is 2.70 bits per heavy atom. The maximum Gasteiger partial charge on any atom is 0.233 e. The highest BCUT2D eigenvalue weighted by Crippen LogP contribution is 2.30. The van der Waals surface area contributed by atoms with Crippen molar-refractivity contribution in [3.63, 3.8) is 0 Å². The van der Waals surface area contributed by atoms with Crippen LogP contribution in [0.25, 0.3) is 0 Å². The zero-order chi connectivity index (χ0) is 14.7. The number of piperidine rings is 1. The van der Waals surface area contributed by atoms with Crippen LogP contribution in [0.1, 0.15) is 33.1 Å². The molecule has 1 heterocycles. The first-order chi connectivity index (χ1) is 9.49. The fourth-order valence-corrected chi connectivity index (χ4v) is 3.87. The molecule has 1 aliphatic heterocycles. The molecule has 0 saturated carbocycles. The van der Waals surface area contributed by atoms with E-state index in [1.807, 2.05) is 11.0 Å². The highest BCUT2D eigenvalue weighted by Gasteiger charge is 2.28. The van der Waals surface area contributed by atoms with Crippen LogP contribution in [-0.2, 0) is 4.79 Å². The summed E-state index contributed by atoms with van der Waals surface area (Å²) in [6, 6.07) is 6.03. The summed E-state index contributed by atoms with van der Waals surface area (Å²) in [5.41, 5.74) is 6.58. The molecule has 2 unspecified atom stereocenters. The topological polar surface area (TPSA) is 46.3 Å². The second kappa shape index (κ2) is 6.72. The molecule has 1 aromatic carbocycles. The van der Waals surface area contributed by atoms with Gasteiger partial charge in [0, 0.05) is 27.7 Å². The van der Waals surface area contributed by atoms with Crippen molar-refractivity contribution in [3.8, 4) is 0 Å². The van der Waals surface area contributed by atoms with E-state index < -0.39 is 0 Å². The van der Waals surface area contributed by atoms with Gasteiger partial charge in [0.2, 0.25) is 5.91 Å². The van der Waals surface area contributed by atoms with Crippen molar-refractivity contribution in [2.75, 3.05) is 11.5 Å². The number of benzene rings is 1. The first kappa shape index (κ1) is 15.5. The summed E-state index contributed by atoms with van der Waals surface area (Å²) in [6.07, 6.45) is 3.40. The first-order valence-electron chi connectivity index (χ1n) is 6.98. The predicted molar refractivity (Wildman–Crippen MR) is 86.2 cm³/mol. The van der Waals surface area contributed by atoms with Crippen molar-refractivity contribution in [1.29, 1.82) is 0 Å². The number of anilines is 1. The molecular formula is C15H21ClN2OS. The third-order valence-corrected chi connectivity index (χ3v) is 5.10. The Bertz CT molecular complexity index is 485. The Morgan fingerprint density at radius 2 is 2.05 bits per heavy atom. The van der Waals surface area contributed by atoms with E-state index in [0.717, 1.165) is 17.7 Å².